The van der Waals surface area contributed by atoms with Gasteiger partial charge in [-0.3, -0.25) is 4.79 Å². The number of amides is 1. The average molecular weight is 274 g/mol. The number of nitrogens with one attached hydrogen (secondary N) is 1. The van der Waals surface area contributed by atoms with Gasteiger partial charge in [-0.1, -0.05) is 19.3 Å². The molecule has 1 heterocycles. The molecule has 104 valence electrons. The first-order chi connectivity index (χ1) is 8.44. The molecule has 0 aromatic heterocycles. The number of primary amides is 1. The van der Waals surface area contributed by atoms with Gasteiger partial charge >= 0.3 is 0 Å². The van der Waals surface area contributed by atoms with Crippen molar-refractivity contribution in [2.75, 3.05) is 11.5 Å². The fraction of sp³-hybridized carbons (Fsp3) is 0.917. The number of nitrogens with two attached hydrogens (primary N) is 1. The molecule has 0 bridgehead atoms. The van der Waals surface area contributed by atoms with Crippen LogP contribution in [0.2, 0.25) is 0 Å². The van der Waals surface area contributed by atoms with Crippen LogP contribution in [0, 0.1) is 0 Å². The lowest BCUT2D eigenvalue weighted by Crippen LogP contribution is -2.62. The van der Waals surface area contributed by atoms with Gasteiger partial charge in [0.25, 0.3) is 0 Å². The summed E-state index contributed by atoms with van der Waals surface area (Å²) in [4.78, 5) is 11.7. The first-order valence-electron chi connectivity index (χ1n) is 6.72. The third kappa shape index (κ3) is 3.03. The maximum atomic E-state index is 11.7. The van der Waals surface area contributed by atoms with Crippen molar-refractivity contribution in [1.29, 1.82) is 0 Å². The number of hydrogen-bond donors (Lipinski definition) is 2. The number of sulfone groups is 1. The van der Waals surface area contributed by atoms with E-state index in [4.69, 9.17) is 5.73 Å². The lowest BCUT2D eigenvalue weighted by atomic mass is 9.87. The van der Waals surface area contributed by atoms with E-state index in [0.29, 0.717) is 18.9 Å². The van der Waals surface area contributed by atoms with E-state index in [1.54, 1.807) is 0 Å². The van der Waals surface area contributed by atoms with Gasteiger partial charge < -0.3 is 11.1 Å². The van der Waals surface area contributed by atoms with Crippen LogP contribution in [-0.4, -0.2) is 37.4 Å². The maximum absolute atomic E-state index is 11.7. The summed E-state index contributed by atoms with van der Waals surface area (Å²) in [5, 5.41) is 3.37. The molecule has 1 saturated heterocycles. The molecule has 5 nitrogen and oxygen atoms in total. The van der Waals surface area contributed by atoms with Crippen LogP contribution < -0.4 is 11.1 Å². The highest BCUT2D eigenvalue weighted by Gasteiger charge is 2.43. The van der Waals surface area contributed by atoms with Crippen molar-refractivity contribution in [2.24, 2.45) is 5.73 Å². The summed E-state index contributed by atoms with van der Waals surface area (Å²) in [6.07, 6.45) is 6.34. The highest BCUT2D eigenvalue weighted by Crippen LogP contribution is 2.27. The summed E-state index contributed by atoms with van der Waals surface area (Å²) in [6.45, 7) is 0. The largest absolute Gasteiger partial charge is 0.368 e. The van der Waals surface area contributed by atoms with Gasteiger partial charge in [0.2, 0.25) is 5.91 Å². The van der Waals surface area contributed by atoms with Gasteiger partial charge in [0.1, 0.15) is 9.84 Å². The molecule has 1 aliphatic heterocycles. The predicted octanol–water partition coefficient (Wildman–Crippen LogP) is 0.341. The molecule has 2 fully saturated rings. The molecule has 2 rings (SSSR count). The van der Waals surface area contributed by atoms with E-state index in [-0.39, 0.29) is 11.5 Å². The maximum Gasteiger partial charge on any atom is 0.237 e. The van der Waals surface area contributed by atoms with Crippen LogP contribution >= 0.6 is 0 Å². The molecule has 6 heteroatoms. The SMILES string of the molecule is NC(=O)C1(NC2CCCCC2)CCS(=O)(=O)CC1. The third-order valence-electron chi connectivity index (χ3n) is 4.24. The average Bonchev–Trinajstić information content (AvgIpc) is 2.33. The van der Waals surface area contributed by atoms with Crippen LogP contribution in [0.1, 0.15) is 44.9 Å². The lowest BCUT2D eigenvalue weighted by molar-refractivity contribution is -0.125. The summed E-state index contributed by atoms with van der Waals surface area (Å²) < 4.78 is 22.9. The van der Waals surface area contributed by atoms with Crippen LogP contribution in [-0.2, 0) is 14.6 Å². The van der Waals surface area contributed by atoms with Crippen molar-refractivity contribution in [3.8, 4) is 0 Å². The van der Waals surface area contributed by atoms with Crippen molar-refractivity contribution in [3.05, 3.63) is 0 Å². The normalized spacial score (nSPS) is 27.8. The number of carbonyl (C=O) groups excluding carboxylic acids is 1. The number of hydrogen-bond acceptors (Lipinski definition) is 4. The first kappa shape index (κ1) is 13.8. The Hall–Kier alpha value is -0.620. The van der Waals surface area contributed by atoms with E-state index in [2.05, 4.69) is 5.32 Å². The molecule has 2 aliphatic rings. The topological polar surface area (TPSA) is 89.3 Å². The van der Waals surface area contributed by atoms with Crippen molar-refractivity contribution >= 4 is 15.7 Å². The van der Waals surface area contributed by atoms with E-state index in [1.165, 1.54) is 19.3 Å². The molecule has 1 amide bonds. The summed E-state index contributed by atoms with van der Waals surface area (Å²) in [5.41, 5.74) is 4.71. The van der Waals surface area contributed by atoms with Gasteiger partial charge in [-0.15, -0.1) is 0 Å². The molecule has 0 spiro atoms. The minimum atomic E-state index is -2.98. The molecule has 0 unspecified atom stereocenters. The Morgan fingerprint density at radius 3 is 2.17 bits per heavy atom. The third-order valence-corrected chi connectivity index (χ3v) is 5.89. The molecule has 0 atom stereocenters. The van der Waals surface area contributed by atoms with Gasteiger partial charge in [0, 0.05) is 6.04 Å². The zero-order chi connectivity index (χ0) is 13.2. The van der Waals surface area contributed by atoms with Crippen LogP contribution in [0.3, 0.4) is 0 Å². The zero-order valence-corrected chi connectivity index (χ0v) is 11.5. The minimum Gasteiger partial charge on any atom is -0.368 e. The number of rotatable bonds is 3. The zero-order valence-electron chi connectivity index (χ0n) is 10.7. The van der Waals surface area contributed by atoms with Gasteiger partial charge in [0.05, 0.1) is 17.0 Å². The molecule has 0 aromatic rings. The van der Waals surface area contributed by atoms with Gasteiger partial charge in [0.15, 0.2) is 0 Å². The Labute approximate surface area is 108 Å². The highest BCUT2D eigenvalue weighted by atomic mass is 32.2. The van der Waals surface area contributed by atoms with Crippen molar-refractivity contribution in [3.63, 3.8) is 0 Å². The summed E-state index contributed by atoms with van der Waals surface area (Å²) in [5.74, 6) is -0.270. The van der Waals surface area contributed by atoms with Crippen LogP contribution in [0.15, 0.2) is 0 Å². The second-order valence-electron chi connectivity index (χ2n) is 5.58. The van der Waals surface area contributed by atoms with Crippen molar-refractivity contribution < 1.29 is 13.2 Å². The molecule has 18 heavy (non-hydrogen) atoms. The Morgan fingerprint density at radius 1 is 1.11 bits per heavy atom. The molecule has 3 N–H and O–H groups in total. The molecule has 1 aliphatic carbocycles. The standard InChI is InChI=1S/C12H22N2O3S/c13-11(15)12(6-8-18(16,17)9-7-12)14-10-4-2-1-3-5-10/h10,14H,1-9H2,(H2,13,15). The summed E-state index contributed by atoms with van der Waals surface area (Å²) in [6, 6.07) is 0.312. The van der Waals surface area contributed by atoms with Crippen molar-refractivity contribution in [1.82, 2.24) is 5.32 Å². The quantitative estimate of drug-likeness (QED) is 0.776. The van der Waals surface area contributed by atoms with Gasteiger partial charge in [-0.2, -0.15) is 0 Å². The Kier molecular flexibility index (Phi) is 3.96. The van der Waals surface area contributed by atoms with E-state index in [0.717, 1.165) is 12.8 Å². The minimum absolute atomic E-state index is 0.0651. The monoisotopic (exact) mass is 274 g/mol. The van der Waals surface area contributed by atoms with E-state index < -0.39 is 21.3 Å². The van der Waals surface area contributed by atoms with Gasteiger partial charge in [-0.05, 0) is 25.7 Å². The Bertz CT molecular complexity index is 399. The van der Waals surface area contributed by atoms with E-state index in [1.807, 2.05) is 0 Å². The molecule has 1 saturated carbocycles. The van der Waals surface area contributed by atoms with Crippen LogP contribution in [0.4, 0.5) is 0 Å². The second kappa shape index (κ2) is 5.17. The highest BCUT2D eigenvalue weighted by molar-refractivity contribution is 7.91. The Morgan fingerprint density at radius 2 is 1.67 bits per heavy atom. The fourth-order valence-electron chi connectivity index (χ4n) is 2.99. The Balaban J connectivity index is 2.05. The molecule has 0 radical (unpaired) electrons. The lowest BCUT2D eigenvalue weighted by Gasteiger charge is -2.39. The smallest absolute Gasteiger partial charge is 0.237 e. The molecular weight excluding hydrogens is 252 g/mol. The van der Waals surface area contributed by atoms with Crippen LogP contribution in [0.25, 0.3) is 0 Å². The van der Waals surface area contributed by atoms with Crippen molar-refractivity contribution in [2.45, 2.75) is 56.5 Å². The summed E-state index contributed by atoms with van der Waals surface area (Å²) >= 11 is 0. The molecule has 0 aromatic carbocycles. The number of carbonyl (C=O) groups is 1. The second-order valence-corrected chi connectivity index (χ2v) is 7.88. The summed E-state index contributed by atoms with van der Waals surface area (Å²) in [7, 11) is -2.98. The van der Waals surface area contributed by atoms with E-state index in [9.17, 15) is 13.2 Å². The van der Waals surface area contributed by atoms with E-state index >= 15 is 0 Å². The predicted molar refractivity (Wildman–Crippen MR) is 69.8 cm³/mol. The van der Waals surface area contributed by atoms with Gasteiger partial charge in [-0.25, -0.2) is 8.42 Å². The first-order valence-corrected chi connectivity index (χ1v) is 8.54. The fourth-order valence-corrected chi connectivity index (χ4v) is 4.51. The van der Waals surface area contributed by atoms with Crippen LogP contribution in [0.5, 0.6) is 0 Å². The molecular formula is C12H22N2O3S.